The smallest absolute Gasteiger partial charge is 0.142 e. The van der Waals surface area contributed by atoms with Crippen LogP contribution in [0.15, 0.2) is 42.5 Å². The summed E-state index contributed by atoms with van der Waals surface area (Å²) < 4.78 is 13.1. The highest BCUT2D eigenvalue weighted by molar-refractivity contribution is 5.41. The van der Waals surface area contributed by atoms with Crippen LogP contribution < -0.4 is 5.32 Å². The average Bonchev–Trinajstić information content (AvgIpc) is 2.39. The van der Waals surface area contributed by atoms with Gasteiger partial charge in [0.1, 0.15) is 23.4 Å². The van der Waals surface area contributed by atoms with Crippen LogP contribution in [-0.2, 0) is 0 Å². The van der Waals surface area contributed by atoms with Crippen molar-refractivity contribution < 1.29 is 4.39 Å². The molecule has 0 aliphatic carbocycles. The number of halogens is 1. The number of pyridine rings is 1. The molecule has 1 heterocycles. The molecule has 0 saturated carbocycles. The number of nitrogens with zero attached hydrogens (tertiary/aromatic N) is 2. The quantitative estimate of drug-likeness (QED) is 0.897. The van der Waals surface area contributed by atoms with Crippen LogP contribution in [0.25, 0.3) is 0 Å². The van der Waals surface area contributed by atoms with E-state index in [2.05, 4.69) is 10.3 Å². The number of benzene rings is 1. The van der Waals surface area contributed by atoms with Gasteiger partial charge in [0.25, 0.3) is 0 Å². The lowest BCUT2D eigenvalue weighted by Gasteiger charge is -2.14. The minimum atomic E-state index is -0.264. The second-order valence-electron chi connectivity index (χ2n) is 3.94. The van der Waals surface area contributed by atoms with Gasteiger partial charge in [0.15, 0.2) is 0 Å². The van der Waals surface area contributed by atoms with Crippen molar-refractivity contribution in [2.45, 2.75) is 13.0 Å². The molecule has 1 aromatic carbocycles. The largest absolute Gasteiger partial charge is 0.364 e. The van der Waals surface area contributed by atoms with Crippen LogP contribution in [0.3, 0.4) is 0 Å². The van der Waals surface area contributed by atoms with E-state index >= 15 is 0 Å². The topological polar surface area (TPSA) is 48.7 Å². The van der Waals surface area contributed by atoms with E-state index < -0.39 is 0 Å². The molecule has 0 fully saturated rings. The summed E-state index contributed by atoms with van der Waals surface area (Å²) >= 11 is 0. The second kappa shape index (κ2) is 5.28. The Balaban J connectivity index is 2.16. The Morgan fingerprint density at radius 2 is 2.06 bits per heavy atom. The molecule has 1 atom stereocenters. The molecule has 4 heteroatoms. The molecule has 1 N–H and O–H groups in total. The van der Waals surface area contributed by atoms with Crippen LogP contribution in [0.2, 0.25) is 0 Å². The highest BCUT2D eigenvalue weighted by Gasteiger charge is 2.07. The Labute approximate surface area is 105 Å². The third-order valence-electron chi connectivity index (χ3n) is 2.58. The Morgan fingerprint density at radius 3 is 2.78 bits per heavy atom. The minimum absolute atomic E-state index is 0.0813. The summed E-state index contributed by atoms with van der Waals surface area (Å²) in [5.41, 5.74) is 1.19. The zero-order chi connectivity index (χ0) is 13.0. The van der Waals surface area contributed by atoms with Gasteiger partial charge in [-0.3, -0.25) is 0 Å². The van der Waals surface area contributed by atoms with E-state index in [-0.39, 0.29) is 11.9 Å². The van der Waals surface area contributed by atoms with Gasteiger partial charge >= 0.3 is 0 Å². The molecule has 0 spiro atoms. The molecule has 0 radical (unpaired) electrons. The van der Waals surface area contributed by atoms with Crippen LogP contribution in [0.4, 0.5) is 10.2 Å². The van der Waals surface area contributed by atoms with Crippen molar-refractivity contribution in [2.75, 3.05) is 5.32 Å². The van der Waals surface area contributed by atoms with Gasteiger partial charge in [-0.2, -0.15) is 5.26 Å². The van der Waals surface area contributed by atoms with Crippen LogP contribution >= 0.6 is 0 Å². The van der Waals surface area contributed by atoms with Gasteiger partial charge in [-0.05, 0) is 36.8 Å². The summed E-state index contributed by atoms with van der Waals surface area (Å²) in [7, 11) is 0. The fraction of sp³-hybridized carbons (Fsp3) is 0.143. The highest BCUT2D eigenvalue weighted by atomic mass is 19.1. The van der Waals surface area contributed by atoms with Crippen molar-refractivity contribution in [2.24, 2.45) is 0 Å². The summed E-state index contributed by atoms with van der Waals surface area (Å²) in [6.07, 6.45) is 0. The van der Waals surface area contributed by atoms with Crippen molar-refractivity contribution in [1.82, 2.24) is 4.98 Å². The first-order valence-electron chi connectivity index (χ1n) is 5.58. The number of hydrogen-bond donors (Lipinski definition) is 1. The first kappa shape index (κ1) is 12.1. The number of rotatable bonds is 3. The van der Waals surface area contributed by atoms with Crippen LogP contribution in [0.1, 0.15) is 24.2 Å². The second-order valence-corrected chi connectivity index (χ2v) is 3.94. The predicted molar refractivity (Wildman–Crippen MR) is 67.4 cm³/mol. The molecule has 0 amide bonds. The van der Waals surface area contributed by atoms with Crippen LogP contribution in [0.5, 0.6) is 0 Å². The lowest BCUT2D eigenvalue weighted by atomic mass is 10.1. The number of hydrogen-bond acceptors (Lipinski definition) is 3. The predicted octanol–water partition coefficient (Wildman–Crippen LogP) is 3.27. The van der Waals surface area contributed by atoms with Gasteiger partial charge in [0.2, 0.25) is 0 Å². The van der Waals surface area contributed by atoms with E-state index in [1.54, 1.807) is 24.3 Å². The molecule has 2 aromatic rings. The lowest BCUT2D eigenvalue weighted by molar-refractivity contribution is 0.623. The van der Waals surface area contributed by atoms with Crippen molar-refractivity contribution >= 4 is 5.82 Å². The van der Waals surface area contributed by atoms with Gasteiger partial charge < -0.3 is 5.32 Å². The standard InChI is InChI=1S/C14H12FN3/c1-10(11-4-2-5-12(15)8-11)17-14-7-3-6-13(9-16)18-14/h2-8,10H,1H3,(H,17,18). The maximum atomic E-state index is 13.1. The Bertz CT molecular complexity index is 590. The number of nitriles is 1. The third kappa shape index (κ3) is 2.83. The van der Waals surface area contributed by atoms with Gasteiger partial charge in [0, 0.05) is 0 Å². The van der Waals surface area contributed by atoms with Crippen LogP contribution in [0, 0.1) is 17.1 Å². The molecular weight excluding hydrogens is 229 g/mol. The maximum absolute atomic E-state index is 13.1. The normalized spacial score (nSPS) is 11.6. The molecule has 18 heavy (non-hydrogen) atoms. The lowest BCUT2D eigenvalue weighted by Crippen LogP contribution is -2.08. The molecule has 1 aromatic heterocycles. The zero-order valence-corrected chi connectivity index (χ0v) is 9.89. The van der Waals surface area contributed by atoms with E-state index in [9.17, 15) is 4.39 Å². The Kier molecular flexibility index (Phi) is 3.54. The first-order chi connectivity index (χ1) is 8.69. The summed E-state index contributed by atoms with van der Waals surface area (Å²) in [6.45, 7) is 1.91. The SMILES string of the molecule is CC(Nc1cccc(C#N)n1)c1cccc(F)c1. The number of anilines is 1. The maximum Gasteiger partial charge on any atom is 0.142 e. The van der Waals surface area contributed by atoms with Crippen molar-refractivity contribution in [3.63, 3.8) is 0 Å². The monoisotopic (exact) mass is 241 g/mol. The minimum Gasteiger partial charge on any atom is -0.364 e. The number of nitrogens with one attached hydrogen (secondary N) is 1. The molecule has 0 aliphatic heterocycles. The highest BCUT2D eigenvalue weighted by Crippen LogP contribution is 2.18. The number of aromatic nitrogens is 1. The molecule has 0 saturated heterocycles. The van der Waals surface area contributed by atoms with E-state index in [0.717, 1.165) is 5.56 Å². The Morgan fingerprint density at radius 1 is 1.28 bits per heavy atom. The summed E-state index contributed by atoms with van der Waals surface area (Å²) in [4.78, 5) is 4.11. The fourth-order valence-corrected chi connectivity index (χ4v) is 1.66. The van der Waals surface area contributed by atoms with Crippen molar-refractivity contribution in [3.05, 3.63) is 59.5 Å². The van der Waals surface area contributed by atoms with E-state index in [0.29, 0.717) is 11.5 Å². The molecule has 2 rings (SSSR count). The third-order valence-corrected chi connectivity index (χ3v) is 2.58. The fourth-order valence-electron chi connectivity index (χ4n) is 1.66. The molecule has 0 bridgehead atoms. The Hall–Kier alpha value is -2.41. The van der Waals surface area contributed by atoms with Crippen molar-refractivity contribution in [3.8, 4) is 6.07 Å². The van der Waals surface area contributed by atoms with E-state index in [4.69, 9.17) is 5.26 Å². The van der Waals surface area contributed by atoms with E-state index in [1.807, 2.05) is 19.1 Å². The summed E-state index contributed by atoms with van der Waals surface area (Å²) in [6, 6.07) is 13.5. The summed E-state index contributed by atoms with van der Waals surface area (Å²) in [5.74, 6) is 0.339. The van der Waals surface area contributed by atoms with Gasteiger partial charge in [-0.1, -0.05) is 18.2 Å². The molecule has 3 nitrogen and oxygen atoms in total. The molecule has 1 unspecified atom stereocenters. The van der Waals surface area contributed by atoms with E-state index in [1.165, 1.54) is 12.1 Å². The zero-order valence-electron chi connectivity index (χ0n) is 9.89. The van der Waals surface area contributed by atoms with Gasteiger partial charge in [-0.25, -0.2) is 9.37 Å². The summed E-state index contributed by atoms with van der Waals surface area (Å²) in [5, 5.41) is 11.9. The first-order valence-corrected chi connectivity index (χ1v) is 5.58. The van der Waals surface area contributed by atoms with Gasteiger partial charge in [-0.15, -0.1) is 0 Å². The van der Waals surface area contributed by atoms with Crippen molar-refractivity contribution in [1.29, 1.82) is 5.26 Å². The van der Waals surface area contributed by atoms with Gasteiger partial charge in [0.05, 0.1) is 6.04 Å². The molecule has 0 aliphatic rings. The average molecular weight is 241 g/mol. The molecular formula is C14H12FN3. The van der Waals surface area contributed by atoms with Crippen LogP contribution in [-0.4, -0.2) is 4.98 Å². The molecule has 90 valence electrons.